The van der Waals surface area contributed by atoms with Gasteiger partial charge in [0.1, 0.15) is 0 Å². The molecule has 6 nitrogen and oxygen atoms in total. The first-order valence-electron chi connectivity index (χ1n) is 6.17. The lowest BCUT2D eigenvalue weighted by Crippen LogP contribution is -2.46. The van der Waals surface area contributed by atoms with Crippen molar-refractivity contribution in [2.24, 2.45) is 5.41 Å². The van der Waals surface area contributed by atoms with Gasteiger partial charge in [0.15, 0.2) is 0 Å². The highest BCUT2D eigenvalue weighted by Crippen LogP contribution is 2.14. The van der Waals surface area contributed by atoms with Crippen LogP contribution in [0.2, 0.25) is 0 Å². The van der Waals surface area contributed by atoms with Gasteiger partial charge < -0.3 is 20.1 Å². The number of nitrogens with one attached hydrogen (secondary N) is 1. The molecule has 0 radical (unpaired) electrons. The maximum absolute atomic E-state index is 11.8. The number of carboxylic acid groups (broad SMARTS) is 1. The number of hydrogen-bond acceptors (Lipinski definition) is 3. The maximum atomic E-state index is 11.8. The van der Waals surface area contributed by atoms with Gasteiger partial charge >= 0.3 is 12.0 Å². The van der Waals surface area contributed by atoms with E-state index >= 15 is 0 Å². The molecule has 6 heteroatoms. The van der Waals surface area contributed by atoms with E-state index in [1.165, 1.54) is 4.90 Å². The number of aliphatic carboxylic acids is 1. The van der Waals surface area contributed by atoms with Crippen LogP contribution in [0.1, 0.15) is 26.7 Å². The van der Waals surface area contributed by atoms with Crippen molar-refractivity contribution in [1.29, 1.82) is 0 Å². The lowest BCUT2D eigenvalue weighted by atomic mass is 9.94. The first-order chi connectivity index (χ1) is 8.33. The molecule has 0 saturated carbocycles. The van der Waals surface area contributed by atoms with Crippen LogP contribution in [-0.4, -0.2) is 54.9 Å². The third-order valence-corrected chi connectivity index (χ3v) is 3.11. The largest absolute Gasteiger partial charge is 0.481 e. The number of hydrogen-bond donors (Lipinski definition) is 2. The van der Waals surface area contributed by atoms with Gasteiger partial charge in [-0.05, 0) is 26.7 Å². The molecule has 2 amide bonds. The Hall–Kier alpha value is -1.30. The van der Waals surface area contributed by atoms with Crippen LogP contribution in [0, 0.1) is 5.41 Å². The number of carbonyl (C=O) groups excluding carboxylic acids is 1. The second-order valence-electron chi connectivity index (χ2n) is 5.36. The quantitative estimate of drug-likeness (QED) is 0.768. The third-order valence-electron chi connectivity index (χ3n) is 3.11. The van der Waals surface area contributed by atoms with Crippen molar-refractivity contribution in [1.82, 2.24) is 10.2 Å². The van der Waals surface area contributed by atoms with E-state index in [2.05, 4.69) is 5.32 Å². The molecular weight excluding hydrogens is 236 g/mol. The number of likely N-dealkylation sites (N-methyl/N-ethyl adjacent to an activating group) is 1. The number of rotatable bonds is 5. The van der Waals surface area contributed by atoms with Crippen molar-refractivity contribution in [2.45, 2.75) is 32.8 Å². The molecule has 0 bridgehead atoms. The van der Waals surface area contributed by atoms with Gasteiger partial charge in [0.25, 0.3) is 0 Å². The molecule has 1 unspecified atom stereocenters. The number of amides is 2. The standard InChI is InChI=1S/C12H22N2O4/c1-12(2,10(15)16)8-13-11(17)14(3)7-9-5-4-6-18-9/h9H,4-8H2,1-3H3,(H,13,17)(H,15,16). The predicted molar refractivity (Wildman–Crippen MR) is 66.4 cm³/mol. The van der Waals surface area contributed by atoms with Crippen molar-refractivity contribution >= 4 is 12.0 Å². The minimum absolute atomic E-state index is 0.105. The zero-order valence-electron chi connectivity index (χ0n) is 11.2. The molecule has 0 aliphatic carbocycles. The molecule has 2 N–H and O–H groups in total. The highest BCUT2D eigenvalue weighted by molar-refractivity contribution is 5.77. The van der Waals surface area contributed by atoms with Crippen LogP contribution in [0.4, 0.5) is 4.79 Å². The van der Waals surface area contributed by atoms with Crippen LogP contribution in [0.15, 0.2) is 0 Å². The van der Waals surface area contributed by atoms with Crippen molar-refractivity contribution in [2.75, 3.05) is 26.7 Å². The molecule has 1 heterocycles. The number of nitrogens with zero attached hydrogens (tertiary/aromatic N) is 1. The fourth-order valence-corrected chi connectivity index (χ4v) is 1.68. The molecule has 0 aromatic rings. The number of carboxylic acids is 1. The maximum Gasteiger partial charge on any atom is 0.317 e. The van der Waals surface area contributed by atoms with Crippen LogP contribution in [0.25, 0.3) is 0 Å². The van der Waals surface area contributed by atoms with Crippen molar-refractivity contribution in [3.63, 3.8) is 0 Å². The summed E-state index contributed by atoms with van der Waals surface area (Å²) >= 11 is 0. The van der Waals surface area contributed by atoms with Gasteiger partial charge in [-0.1, -0.05) is 0 Å². The van der Waals surface area contributed by atoms with Gasteiger partial charge in [0.2, 0.25) is 0 Å². The second kappa shape index (κ2) is 6.04. The van der Waals surface area contributed by atoms with E-state index in [0.29, 0.717) is 6.54 Å². The van der Waals surface area contributed by atoms with E-state index in [-0.39, 0.29) is 18.7 Å². The van der Waals surface area contributed by atoms with E-state index in [1.54, 1.807) is 20.9 Å². The molecule has 0 aromatic carbocycles. The first kappa shape index (κ1) is 14.8. The van der Waals surface area contributed by atoms with Gasteiger partial charge in [-0.3, -0.25) is 4.79 Å². The Balaban J connectivity index is 2.33. The van der Waals surface area contributed by atoms with E-state index in [0.717, 1.165) is 19.4 Å². The molecule has 1 atom stereocenters. The summed E-state index contributed by atoms with van der Waals surface area (Å²) in [5, 5.41) is 11.6. The summed E-state index contributed by atoms with van der Waals surface area (Å²) in [4.78, 5) is 24.2. The fraction of sp³-hybridized carbons (Fsp3) is 0.833. The Morgan fingerprint density at radius 1 is 1.50 bits per heavy atom. The lowest BCUT2D eigenvalue weighted by Gasteiger charge is -2.24. The summed E-state index contributed by atoms with van der Waals surface area (Å²) < 4.78 is 5.44. The zero-order valence-corrected chi connectivity index (χ0v) is 11.2. The van der Waals surface area contributed by atoms with Crippen LogP contribution in [0.3, 0.4) is 0 Å². The van der Waals surface area contributed by atoms with Gasteiger partial charge in [-0.2, -0.15) is 0 Å². The Labute approximate surface area is 107 Å². The monoisotopic (exact) mass is 258 g/mol. The first-order valence-corrected chi connectivity index (χ1v) is 6.17. The van der Waals surface area contributed by atoms with Gasteiger partial charge in [-0.25, -0.2) is 4.79 Å². The highest BCUT2D eigenvalue weighted by Gasteiger charge is 2.28. The minimum atomic E-state index is -0.958. The molecule has 1 aliphatic heterocycles. The van der Waals surface area contributed by atoms with Crippen molar-refractivity contribution < 1.29 is 19.4 Å². The van der Waals surface area contributed by atoms with Crippen LogP contribution < -0.4 is 5.32 Å². The third kappa shape index (κ3) is 4.18. The molecule has 18 heavy (non-hydrogen) atoms. The Morgan fingerprint density at radius 3 is 2.67 bits per heavy atom. The Kier molecular flexibility index (Phi) is 4.95. The average molecular weight is 258 g/mol. The summed E-state index contributed by atoms with van der Waals surface area (Å²) in [6, 6.07) is -0.264. The van der Waals surface area contributed by atoms with Crippen LogP contribution in [0.5, 0.6) is 0 Å². The molecule has 1 rings (SSSR count). The second-order valence-corrected chi connectivity index (χ2v) is 5.36. The van der Waals surface area contributed by atoms with Gasteiger partial charge in [-0.15, -0.1) is 0 Å². The normalized spacial score (nSPS) is 19.6. The lowest BCUT2D eigenvalue weighted by molar-refractivity contribution is -0.146. The molecule has 1 saturated heterocycles. The fourth-order valence-electron chi connectivity index (χ4n) is 1.68. The van der Waals surface area contributed by atoms with Crippen molar-refractivity contribution in [3.8, 4) is 0 Å². The van der Waals surface area contributed by atoms with E-state index in [9.17, 15) is 9.59 Å². The highest BCUT2D eigenvalue weighted by atomic mass is 16.5. The summed E-state index contributed by atoms with van der Waals surface area (Å²) in [7, 11) is 1.69. The van der Waals surface area contributed by atoms with Gasteiger partial charge in [0, 0.05) is 26.7 Å². The molecule has 1 fully saturated rings. The number of urea groups is 1. The molecule has 0 spiro atoms. The van der Waals surface area contributed by atoms with E-state index in [1.807, 2.05) is 0 Å². The van der Waals surface area contributed by atoms with Gasteiger partial charge in [0.05, 0.1) is 11.5 Å². The summed E-state index contributed by atoms with van der Waals surface area (Å²) in [5.41, 5.74) is -0.958. The van der Waals surface area contributed by atoms with Crippen LogP contribution >= 0.6 is 0 Å². The summed E-state index contributed by atoms with van der Waals surface area (Å²) in [6.45, 7) is 4.56. The Morgan fingerprint density at radius 2 is 2.17 bits per heavy atom. The predicted octanol–water partition coefficient (Wildman–Crippen LogP) is 0.918. The molecular formula is C12H22N2O4. The average Bonchev–Trinajstić information content (AvgIpc) is 2.78. The zero-order chi connectivity index (χ0) is 13.8. The van der Waals surface area contributed by atoms with E-state index < -0.39 is 11.4 Å². The minimum Gasteiger partial charge on any atom is -0.481 e. The number of carbonyl (C=O) groups is 2. The number of ether oxygens (including phenoxy) is 1. The SMILES string of the molecule is CN(CC1CCCO1)C(=O)NCC(C)(C)C(=O)O. The van der Waals surface area contributed by atoms with E-state index in [4.69, 9.17) is 9.84 Å². The van der Waals surface area contributed by atoms with Crippen molar-refractivity contribution in [3.05, 3.63) is 0 Å². The van der Waals surface area contributed by atoms with Crippen LogP contribution in [-0.2, 0) is 9.53 Å². The Bertz CT molecular complexity index is 311. The molecule has 0 aromatic heterocycles. The molecule has 104 valence electrons. The summed E-state index contributed by atoms with van der Waals surface area (Å²) in [6.07, 6.45) is 2.11. The molecule has 1 aliphatic rings. The smallest absolute Gasteiger partial charge is 0.317 e. The topological polar surface area (TPSA) is 78.9 Å². The summed E-state index contributed by atoms with van der Waals surface area (Å²) in [5.74, 6) is -0.926.